The third-order valence-corrected chi connectivity index (χ3v) is 2.18. The highest BCUT2D eigenvalue weighted by atomic mass is 35.5. The molecule has 0 amide bonds. The molecule has 17 heavy (non-hydrogen) atoms. The van der Waals surface area contributed by atoms with Gasteiger partial charge in [0.05, 0.1) is 19.3 Å². The van der Waals surface area contributed by atoms with Crippen LogP contribution >= 0.6 is 11.6 Å². The van der Waals surface area contributed by atoms with Crippen molar-refractivity contribution in [3.63, 3.8) is 0 Å². The SMILES string of the molecule is CCOC(=O)C=C(OCC)c1cccc(Cl)c1. The van der Waals surface area contributed by atoms with E-state index >= 15 is 0 Å². The van der Waals surface area contributed by atoms with Gasteiger partial charge in [0.1, 0.15) is 5.76 Å². The van der Waals surface area contributed by atoms with Crippen LogP contribution in [0, 0.1) is 0 Å². The van der Waals surface area contributed by atoms with Crippen molar-refractivity contribution in [3.8, 4) is 0 Å². The topological polar surface area (TPSA) is 35.5 Å². The number of carbonyl (C=O) groups is 1. The molecule has 0 fully saturated rings. The second-order valence-corrected chi connectivity index (χ2v) is 3.64. The number of hydrogen-bond acceptors (Lipinski definition) is 3. The van der Waals surface area contributed by atoms with Gasteiger partial charge in [-0.3, -0.25) is 0 Å². The maximum Gasteiger partial charge on any atom is 0.334 e. The van der Waals surface area contributed by atoms with E-state index in [1.807, 2.05) is 13.0 Å². The van der Waals surface area contributed by atoms with Crippen LogP contribution in [0.2, 0.25) is 5.02 Å². The van der Waals surface area contributed by atoms with Gasteiger partial charge in [-0.1, -0.05) is 23.7 Å². The van der Waals surface area contributed by atoms with Gasteiger partial charge in [0, 0.05) is 10.6 Å². The number of carbonyl (C=O) groups excluding carboxylic acids is 1. The molecule has 0 atom stereocenters. The molecule has 1 aromatic rings. The van der Waals surface area contributed by atoms with Gasteiger partial charge in [-0.25, -0.2) is 4.79 Å². The summed E-state index contributed by atoms with van der Waals surface area (Å²) < 4.78 is 10.2. The number of benzene rings is 1. The lowest BCUT2D eigenvalue weighted by Gasteiger charge is -2.09. The fourth-order valence-electron chi connectivity index (χ4n) is 1.30. The van der Waals surface area contributed by atoms with Crippen molar-refractivity contribution in [1.82, 2.24) is 0 Å². The highest BCUT2D eigenvalue weighted by Gasteiger charge is 2.07. The van der Waals surface area contributed by atoms with Crippen molar-refractivity contribution in [2.24, 2.45) is 0 Å². The molecule has 3 nitrogen and oxygen atoms in total. The zero-order valence-corrected chi connectivity index (χ0v) is 10.7. The summed E-state index contributed by atoms with van der Waals surface area (Å²) in [4.78, 5) is 11.4. The quantitative estimate of drug-likeness (QED) is 0.460. The summed E-state index contributed by atoms with van der Waals surface area (Å²) in [6.07, 6.45) is 1.33. The first-order valence-electron chi connectivity index (χ1n) is 5.44. The Morgan fingerprint density at radius 2 is 2.00 bits per heavy atom. The predicted molar refractivity (Wildman–Crippen MR) is 67.7 cm³/mol. The first-order chi connectivity index (χ1) is 8.17. The van der Waals surface area contributed by atoms with E-state index in [2.05, 4.69) is 0 Å². The molecular formula is C13H15ClO3. The van der Waals surface area contributed by atoms with Crippen LogP contribution in [0.15, 0.2) is 30.3 Å². The van der Waals surface area contributed by atoms with Gasteiger partial charge in [-0.05, 0) is 26.0 Å². The normalized spacial score (nSPS) is 11.1. The minimum Gasteiger partial charge on any atom is -0.493 e. The summed E-state index contributed by atoms with van der Waals surface area (Å²) in [6.45, 7) is 4.41. The van der Waals surface area contributed by atoms with Crippen molar-refractivity contribution in [1.29, 1.82) is 0 Å². The first-order valence-corrected chi connectivity index (χ1v) is 5.82. The fraction of sp³-hybridized carbons (Fsp3) is 0.308. The molecule has 0 aliphatic carbocycles. The van der Waals surface area contributed by atoms with E-state index < -0.39 is 5.97 Å². The molecule has 0 spiro atoms. The summed E-state index contributed by atoms with van der Waals surface area (Å²) >= 11 is 5.89. The van der Waals surface area contributed by atoms with Crippen molar-refractivity contribution >= 4 is 23.3 Å². The summed E-state index contributed by atoms with van der Waals surface area (Å²) in [6, 6.07) is 7.13. The zero-order chi connectivity index (χ0) is 12.7. The Hall–Kier alpha value is -1.48. The Kier molecular flexibility index (Phi) is 5.57. The lowest BCUT2D eigenvalue weighted by molar-refractivity contribution is -0.137. The van der Waals surface area contributed by atoms with E-state index in [0.29, 0.717) is 24.0 Å². The zero-order valence-electron chi connectivity index (χ0n) is 9.90. The fourth-order valence-corrected chi connectivity index (χ4v) is 1.49. The number of hydrogen-bond donors (Lipinski definition) is 0. The molecule has 0 heterocycles. The lowest BCUT2D eigenvalue weighted by Crippen LogP contribution is -2.02. The predicted octanol–water partition coefficient (Wildman–Crippen LogP) is 3.28. The molecule has 0 aliphatic rings. The van der Waals surface area contributed by atoms with Gasteiger partial charge in [0.2, 0.25) is 0 Å². The molecular weight excluding hydrogens is 240 g/mol. The van der Waals surface area contributed by atoms with Crippen LogP contribution in [-0.4, -0.2) is 19.2 Å². The molecule has 1 aromatic carbocycles. The summed E-state index contributed by atoms with van der Waals surface area (Å²) in [5.74, 6) is 0.0457. The molecule has 1 rings (SSSR count). The average molecular weight is 255 g/mol. The van der Waals surface area contributed by atoms with E-state index in [9.17, 15) is 4.79 Å². The van der Waals surface area contributed by atoms with E-state index in [-0.39, 0.29) is 0 Å². The van der Waals surface area contributed by atoms with Crippen molar-refractivity contribution < 1.29 is 14.3 Å². The highest BCUT2D eigenvalue weighted by molar-refractivity contribution is 6.30. The van der Waals surface area contributed by atoms with Gasteiger partial charge in [-0.15, -0.1) is 0 Å². The van der Waals surface area contributed by atoms with Crippen LogP contribution in [0.5, 0.6) is 0 Å². The molecule has 0 saturated carbocycles. The maximum absolute atomic E-state index is 11.4. The van der Waals surface area contributed by atoms with Crippen molar-refractivity contribution in [2.75, 3.05) is 13.2 Å². The maximum atomic E-state index is 11.4. The Morgan fingerprint density at radius 3 is 2.59 bits per heavy atom. The van der Waals surface area contributed by atoms with Crippen molar-refractivity contribution in [3.05, 3.63) is 40.9 Å². The largest absolute Gasteiger partial charge is 0.493 e. The molecule has 0 saturated heterocycles. The first kappa shape index (κ1) is 13.6. The van der Waals surface area contributed by atoms with Crippen LogP contribution < -0.4 is 0 Å². The van der Waals surface area contributed by atoms with Crippen LogP contribution in [0.25, 0.3) is 5.76 Å². The average Bonchev–Trinajstić information content (AvgIpc) is 2.29. The van der Waals surface area contributed by atoms with E-state index in [1.165, 1.54) is 6.08 Å². The van der Waals surface area contributed by atoms with E-state index in [1.54, 1.807) is 25.1 Å². The molecule has 0 N–H and O–H groups in total. The van der Waals surface area contributed by atoms with Crippen LogP contribution in [0.3, 0.4) is 0 Å². The second-order valence-electron chi connectivity index (χ2n) is 3.20. The Bertz CT molecular complexity index is 413. The van der Waals surface area contributed by atoms with Crippen LogP contribution in [0.1, 0.15) is 19.4 Å². The molecule has 4 heteroatoms. The molecule has 0 aliphatic heterocycles. The van der Waals surface area contributed by atoms with Crippen LogP contribution in [0.4, 0.5) is 0 Å². The minimum atomic E-state index is -0.420. The van der Waals surface area contributed by atoms with Crippen molar-refractivity contribution in [2.45, 2.75) is 13.8 Å². The third-order valence-electron chi connectivity index (χ3n) is 1.94. The smallest absolute Gasteiger partial charge is 0.334 e. The minimum absolute atomic E-state index is 0.338. The second kappa shape index (κ2) is 6.97. The van der Waals surface area contributed by atoms with E-state index in [4.69, 9.17) is 21.1 Å². The monoisotopic (exact) mass is 254 g/mol. The summed E-state index contributed by atoms with van der Waals surface area (Å²) in [5, 5.41) is 0.594. The highest BCUT2D eigenvalue weighted by Crippen LogP contribution is 2.20. The molecule has 0 unspecified atom stereocenters. The number of rotatable bonds is 5. The number of halogens is 1. The molecule has 0 bridgehead atoms. The molecule has 0 radical (unpaired) electrons. The van der Waals surface area contributed by atoms with Gasteiger partial charge in [0.25, 0.3) is 0 Å². The standard InChI is InChI=1S/C13H15ClO3/c1-3-16-12(9-13(15)17-4-2)10-6-5-7-11(14)8-10/h5-9H,3-4H2,1-2H3. The lowest BCUT2D eigenvalue weighted by atomic mass is 10.2. The molecule has 92 valence electrons. The van der Waals surface area contributed by atoms with Gasteiger partial charge >= 0.3 is 5.97 Å². The number of esters is 1. The van der Waals surface area contributed by atoms with E-state index in [0.717, 1.165) is 5.56 Å². The van der Waals surface area contributed by atoms with Gasteiger partial charge < -0.3 is 9.47 Å². The van der Waals surface area contributed by atoms with Gasteiger partial charge in [-0.2, -0.15) is 0 Å². The number of ether oxygens (including phenoxy) is 2. The third kappa shape index (κ3) is 4.49. The Morgan fingerprint density at radius 1 is 1.29 bits per heavy atom. The Labute approximate surface area is 106 Å². The Balaban J connectivity index is 2.96. The van der Waals surface area contributed by atoms with Crippen LogP contribution in [-0.2, 0) is 14.3 Å². The summed E-state index contributed by atoms with van der Waals surface area (Å²) in [7, 11) is 0. The summed E-state index contributed by atoms with van der Waals surface area (Å²) in [5.41, 5.74) is 0.757. The molecule has 0 aromatic heterocycles. The van der Waals surface area contributed by atoms with Gasteiger partial charge in [0.15, 0.2) is 0 Å².